The normalized spacial score (nSPS) is 16.9. The number of fused-ring (bicyclic) bond motifs is 9. The van der Waals surface area contributed by atoms with Crippen LogP contribution in [0.2, 0.25) is 0 Å². The van der Waals surface area contributed by atoms with Crippen LogP contribution >= 0.6 is 10.9 Å². The van der Waals surface area contributed by atoms with Gasteiger partial charge in [-0.1, -0.05) is 48.5 Å². The van der Waals surface area contributed by atoms with Gasteiger partial charge in [-0.25, -0.2) is 0 Å². The molecule has 4 aliphatic heterocycles. The number of benzene rings is 6. The second kappa shape index (κ2) is 7.43. The summed E-state index contributed by atoms with van der Waals surface area (Å²) in [6.45, 7) is 0.0382. The van der Waals surface area contributed by atoms with E-state index in [2.05, 4.69) is 60.7 Å². The fourth-order valence-corrected chi connectivity index (χ4v) is 9.22. The van der Waals surface area contributed by atoms with Crippen LogP contribution < -0.4 is 35.3 Å². The van der Waals surface area contributed by atoms with Crippen LogP contribution in [-0.4, -0.2) is 6.71 Å². The van der Waals surface area contributed by atoms with Crippen LogP contribution in [-0.2, 0) is 0 Å². The lowest BCUT2D eigenvalue weighted by atomic mass is 9.35. The molecule has 4 nitrogen and oxygen atoms in total. The number of hydrogen-bond donors (Lipinski definition) is 1. The molecule has 0 radical (unpaired) electrons. The van der Waals surface area contributed by atoms with E-state index in [1.54, 1.807) is 0 Å². The number of hydrogen-bond acceptors (Lipinski definition) is 4. The first-order valence-electron chi connectivity index (χ1n) is 13.4. The summed E-state index contributed by atoms with van der Waals surface area (Å²) in [4.78, 5) is 3.57. The second-order valence-electron chi connectivity index (χ2n) is 10.5. The van der Waals surface area contributed by atoms with Gasteiger partial charge in [0.15, 0.2) is 0 Å². The maximum absolute atomic E-state index is 6.57. The van der Waals surface area contributed by atoms with E-state index in [1.165, 1.54) is 9.79 Å². The fourth-order valence-electron chi connectivity index (χ4n) is 6.62. The van der Waals surface area contributed by atoms with Gasteiger partial charge < -0.3 is 18.9 Å². The molecule has 40 heavy (non-hydrogen) atoms. The Morgan fingerprint density at radius 3 is 1.88 bits per heavy atom. The van der Waals surface area contributed by atoms with Crippen LogP contribution in [0.25, 0.3) is 10.8 Å². The third-order valence-corrected chi connectivity index (χ3v) is 10.9. The minimum Gasteiger partial charge on any atom is -0.458 e. The van der Waals surface area contributed by atoms with Crippen molar-refractivity contribution in [3.05, 3.63) is 109 Å². The molecule has 0 saturated heterocycles. The Balaban J connectivity index is 1.21. The minimum absolute atomic E-state index is 0.0382. The average molecular weight is 534 g/mol. The highest BCUT2D eigenvalue weighted by atomic mass is 32.2. The molecule has 10 rings (SSSR count). The van der Waals surface area contributed by atoms with Gasteiger partial charge in [-0.3, -0.25) is 0 Å². The molecule has 0 saturated carbocycles. The summed E-state index contributed by atoms with van der Waals surface area (Å²) in [5.74, 6) is 7.08. The molecule has 0 amide bonds. The molecule has 0 bridgehead atoms. The maximum Gasteiger partial charge on any atom is 0.260 e. The van der Waals surface area contributed by atoms with Crippen molar-refractivity contribution in [3.8, 4) is 46.0 Å². The van der Waals surface area contributed by atoms with Gasteiger partial charge in [-0.15, -0.1) is 0 Å². The van der Waals surface area contributed by atoms with E-state index >= 15 is 0 Å². The van der Waals surface area contributed by atoms with Gasteiger partial charge >= 0.3 is 0 Å². The molecular weight excluding hydrogens is 515 g/mol. The number of rotatable bonds is 0. The van der Waals surface area contributed by atoms with Crippen LogP contribution in [0.3, 0.4) is 0 Å². The van der Waals surface area contributed by atoms with E-state index in [-0.39, 0.29) is 6.71 Å². The lowest BCUT2D eigenvalue weighted by Gasteiger charge is -2.37. The van der Waals surface area contributed by atoms with Gasteiger partial charge in [0.25, 0.3) is 6.71 Å². The lowest BCUT2D eigenvalue weighted by Crippen LogP contribution is -2.57. The third kappa shape index (κ3) is 2.69. The zero-order valence-electron chi connectivity index (χ0n) is 21.0. The summed E-state index contributed by atoms with van der Waals surface area (Å²) in [6, 6.07) is 37.8. The van der Waals surface area contributed by atoms with E-state index in [1.807, 2.05) is 48.5 Å². The number of ether oxygens (including phenoxy) is 4. The van der Waals surface area contributed by atoms with Crippen molar-refractivity contribution in [1.29, 1.82) is 0 Å². The predicted molar refractivity (Wildman–Crippen MR) is 158 cm³/mol. The third-order valence-electron chi connectivity index (χ3n) is 8.31. The Labute approximate surface area is 233 Å². The highest BCUT2D eigenvalue weighted by Gasteiger charge is 2.40. The largest absolute Gasteiger partial charge is 0.458 e. The summed E-state index contributed by atoms with van der Waals surface area (Å²) in [6.07, 6.45) is 0. The minimum atomic E-state index is -0.827. The zero-order chi connectivity index (χ0) is 25.9. The monoisotopic (exact) mass is 534 g/mol. The highest BCUT2D eigenvalue weighted by molar-refractivity contribution is 8.17. The van der Waals surface area contributed by atoms with E-state index in [0.29, 0.717) is 0 Å². The van der Waals surface area contributed by atoms with Crippen molar-refractivity contribution < 1.29 is 18.9 Å². The van der Waals surface area contributed by atoms with E-state index in [0.717, 1.165) is 78.1 Å². The van der Waals surface area contributed by atoms with Crippen LogP contribution in [0.5, 0.6) is 46.0 Å². The van der Waals surface area contributed by atoms with Crippen molar-refractivity contribution in [2.24, 2.45) is 0 Å². The predicted octanol–water partition coefficient (Wildman–Crippen LogP) is 7.26. The van der Waals surface area contributed by atoms with Gasteiger partial charge in [0.05, 0.1) is 4.90 Å². The molecule has 0 fully saturated rings. The van der Waals surface area contributed by atoms with Crippen molar-refractivity contribution in [2.45, 2.75) is 14.7 Å². The first-order chi connectivity index (χ1) is 19.8. The fraction of sp³-hybridized carbons (Fsp3) is 0. The van der Waals surface area contributed by atoms with Crippen LogP contribution in [0.4, 0.5) is 0 Å². The molecule has 1 unspecified atom stereocenters. The highest BCUT2D eigenvalue weighted by Crippen LogP contribution is 2.68. The summed E-state index contributed by atoms with van der Waals surface area (Å²) in [7, 11) is -0.827. The van der Waals surface area contributed by atoms with Gasteiger partial charge in [-0.2, -0.15) is 10.9 Å². The Morgan fingerprint density at radius 2 is 1.02 bits per heavy atom. The lowest BCUT2D eigenvalue weighted by molar-refractivity contribution is 0.416. The molecule has 0 aromatic heterocycles. The molecule has 4 heterocycles. The van der Waals surface area contributed by atoms with Crippen molar-refractivity contribution >= 4 is 44.8 Å². The molecule has 4 aliphatic rings. The molecule has 0 aliphatic carbocycles. The standard InChI is InChI=1S/C34H19BO4S/c1-2-8-23-21(7-1)35-22-15-19-17-30-32(18-20(19)16-29(22)38-26-11-5-10-25(36-23)33(26)35)40-31-14-4-3-9-24(31)37-27-12-6-13-28(39-30)34(27)40/h1-18,40H. The SMILES string of the molecule is c1ccc2c(c1)Oc1cccc3c1B2c1cc2cc4c(cc2cc1O3)[SH]1c2ccccc2Oc2cccc(c21)O4. The van der Waals surface area contributed by atoms with E-state index in [4.69, 9.17) is 18.9 Å². The maximum atomic E-state index is 6.57. The van der Waals surface area contributed by atoms with Crippen LogP contribution in [0.1, 0.15) is 0 Å². The van der Waals surface area contributed by atoms with E-state index in [9.17, 15) is 0 Å². The first-order valence-corrected chi connectivity index (χ1v) is 14.7. The van der Waals surface area contributed by atoms with Gasteiger partial charge in [0.2, 0.25) is 0 Å². The topological polar surface area (TPSA) is 36.9 Å². The van der Waals surface area contributed by atoms with Gasteiger partial charge in [0.1, 0.15) is 46.0 Å². The van der Waals surface area contributed by atoms with Gasteiger partial charge in [0, 0.05) is 15.3 Å². The Hall–Kier alpha value is -4.81. The Morgan fingerprint density at radius 1 is 0.425 bits per heavy atom. The summed E-state index contributed by atoms with van der Waals surface area (Å²) in [5, 5.41) is 2.26. The molecular formula is C34H19BO4S. The summed E-state index contributed by atoms with van der Waals surface area (Å²) >= 11 is 0. The van der Waals surface area contributed by atoms with E-state index < -0.39 is 10.9 Å². The smallest absolute Gasteiger partial charge is 0.260 e. The molecule has 6 aromatic carbocycles. The number of thiol groups is 1. The molecule has 0 N–H and O–H groups in total. The number of para-hydroxylation sites is 2. The van der Waals surface area contributed by atoms with Crippen LogP contribution in [0, 0.1) is 0 Å². The van der Waals surface area contributed by atoms with Gasteiger partial charge in [-0.05, 0) is 82.4 Å². The molecule has 1 atom stereocenters. The molecule has 6 heteroatoms. The van der Waals surface area contributed by atoms with Crippen molar-refractivity contribution in [2.75, 3.05) is 0 Å². The van der Waals surface area contributed by atoms with Crippen molar-refractivity contribution in [3.63, 3.8) is 0 Å². The molecule has 188 valence electrons. The van der Waals surface area contributed by atoms with Crippen LogP contribution in [0.15, 0.2) is 124 Å². The molecule has 0 spiro atoms. The Bertz CT molecular complexity index is 1960. The molecule has 6 aromatic rings. The first kappa shape index (κ1) is 21.1. The zero-order valence-corrected chi connectivity index (χ0v) is 21.9. The van der Waals surface area contributed by atoms with Crippen molar-refractivity contribution in [1.82, 2.24) is 0 Å². The second-order valence-corrected chi connectivity index (χ2v) is 12.6. The summed E-state index contributed by atoms with van der Waals surface area (Å²) in [5.41, 5.74) is 3.39. The Kier molecular flexibility index (Phi) is 3.92. The quantitative estimate of drug-likeness (QED) is 0.164. The average Bonchev–Trinajstić information content (AvgIpc) is 2.99. The summed E-state index contributed by atoms with van der Waals surface area (Å²) < 4.78 is 25.7.